The van der Waals surface area contributed by atoms with Crippen LogP contribution in [0.2, 0.25) is 5.02 Å². The van der Waals surface area contributed by atoms with Crippen molar-refractivity contribution in [2.45, 2.75) is 11.8 Å². The second kappa shape index (κ2) is 3.34. The van der Waals surface area contributed by atoms with Crippen LogP contribution in [-0.4, -0.2) is 8.76 Å². The van der Waals surface area contributed by atoms with Gasteiger partial charge in [0, 0.05) is 5.02 Å². The minimum absolute atomic E-state index is 0.334. The van der Waals surface area contributed by atoms with Gasteiger partial charge in [-0.15, -0.1) is 0 Å². The molecule has 0 spiro atoms. The van der Waals surface area contributed by atoms with Crippen molar-refractivity contribution < 1.29 is 8.76 Å². The van der Waals surface area contributed by atoms with E-state index in [9.17, 15) is 4.21 Å². The fourth-order valence-electron chi connectivity index (χ4n) is 0.682. The van der Waals surface area contributed by atoms with Crippen LogP contribution in [-0.2, 0) is 11.1 Å². The molecular formula is C7H7ClO2S. The second-order valence-corrected chi connectivity index (χ2v) is 3.54. The molecular weight excluding hydrogens is 184 g/mol. The molecule has 0 aliphatic carbocycles. The summed E-state index contributed by atoms with van der Waals surface area (Å²) in [7, 11) is 0. The SMILES string of the molecule is Cc1ccc(S(=O)O)cc1Cl. The molecule has 1 N–H and O–H groups in total. The first-order valence-electron chi connectivity index (χ1n) is 2.98. The van der Waals surface area contributed by atoms with Gasteiger partial charge in [0.25, 0.3) is 0 Å². The van der Waals surface area contributed by atoms with Crippen LogP contribution in [0.1, 0.15) is 5.56 Å². The van der Waals surface area contributed by atoms with Gasteiger partial charge in [0.2, 0.25) is 0 Å². The molecule has 1 unspecified atom stereocenters. The third-order valence-corrected chi connectivity index (χ3v) is 2.41. The van der Waals surface area contributed by atoms with E-state index in [1.165, 1.54) is 6.07 Å². The highest BCUT2D eigenvalue weighted by Gasteiger charge is 2.01. The van der Waals surface area contributed by atoms with E-state index >= 15 is 0 Å². The third-order valence-electron chi connectivity index (χ3n) is 1.34. The van der Waals surface area contributed by atoms with Crippen LogP contribution in [0.3, 0.4) is 0 Å². The van der Waals surface area contributed by atoms with Crippen molar-refractivity contribution in [3.63, 3.8) is 0 Å². The summed E-state index contributed by atoms with van der Waals surface area (Å²) in [6.07, 6.45) is 0. The Morgan fingerprint density at radius 1 is 1.55 bits per heavy atom. The molecule has 0 aromatic heterocycles. The Hall–Kier alpha value is -0.380. The molecule has 0 saturated carbocycles. The van der Waals surface area contributed by atoms with Crippen LogP contribution in [0.15, 0.2) is 23.1 Å². The van der Waals surface area contributed by atoms with Crippen molar-refractivity contribution >= 4 is 22.7 Å². The van der Waals surface area contributed by atoms with Gasteiger partial charge < -0.3 is 4.55 Å². The highest BCUT2D eigenvalue weighted by molar-refractivity contribution is 7.79. The summed E-state index contributed by atoms with van der Waals surface area (Å²) in [5, 5.41) is 0.518. The topological polar surface area (TPSA) is 37.3 Å². The zero-order valence-electron chi connectivity index (χ0n) is 5.87. The molecule has 0 heterocycles. The average molecular weight is 191 g/mol. The lowest BCUT2D eigenvalue weighted by Crippen LogP contribution is -1.88. The molecule has 1 aromatic carbocycles. The fraction of sp³-hybridized carbons (Fsp3) is 0.143. The predicted molar refractivity (Wildman–Crippen MR) is 45.2 cm³/mol. The van der Waals surface area contributed by atoms with Gasteiger partial charge >= 0.3 is 0 Å². The van der Waals surface area contributed by atoms with Crippen molar-refractivity contribution in [2.75, 3.05) is 0 Å². The molecule has 1 aromatic rings. The quantitative estimate of drug-likeness (QED) is 0.690. The fourth-order valence-corrected chi connectivity index (χ4v) is 1.33. The van der Waals surface area contributed by atoms with Gasteiger partial charge in [0.15, 0.2) is 11.1 Å². The first kappa shape index (κ1) is 8.71. The first-order chi connectivity index (χ1) is 5.11. The molecule has 0 aliphatic rings. The lowest BCUT2D eigenvalue weighted by Gasteiger charge is -1.98. The van der Waals surface area contributed by atoms with Crippen LogP contribution < -0.4 is 0 Å². The van der Waals surface area contributed by atoms with Crippen LogP contribution >= 0.6 is 11.6 Å². The highest BCUT2D eigenvalue weighted by Crippen LogP contribution is 2.17. The zero-order chi connectivity index (χ0) is 8.43. The van der Waals surface area contributed by atoms with E-state index in [2.05, 4.69) is 0 Å². The molecule has 0 radical (unpaired) electrons. The molecule has 11 heavy (non-hydrogen) atoms. The molecule has 1 rings (SSSR count). The Bertz CT molecular complexity index is 298. The standard InChI is InChI=1S/C7H7ClO2S/c1-5-2-3-6(11(9)10)4-7(5)8/h2-4H,1H3,(H,9,10). The zero-order valence-corrected chi connectivity index (χ0v) is 7.45. The Kier molecular flexibility index (Phi) is 2.65. The predicted octanol–water partition coefficient (Wildman–Crippen LogP) is 2.23. The molecule has 0 saturated heterocycles. The largest absolute Gasteiger partial charge is 0.302 e. The molecule has 0 amide bonds. The van der Waals surface area contributed by atoms with Crippen LogP contribution in [0.4, 0.5) is 0 Å². The lowest BCUT2D eigenvalue weighted by molar-refractivity contribution is 0.564. The van der Waals surface area contributed by atoms with Gasteiger partial charge in [-0.1, -0.05) is 17.7 Å². The molecule has 0 aliphatic heterocycles. The Morgan fingerprint density at radius 3 is 2.64 bits per heavy atom. The maximum absolute atomic E-state index is 10.5. The molecule has 4 heteroatoms. The minimum atomic E-state index is -1.93. The van der Waals surface area contributed by atoms with E-state index in [4.69, 9.17) is 16.2 Å². The lowest BCUT2D eigenvalue weighted by atomic mass is 10.2. The normalized spacial score (nSPS) is 13.0. The molecule has 1 atom stereocenters. The Labute approximate surface area is 72.5 Å². The number of halogens is 1. The Morgan fingerprint density at radius 2 is 2.18 bits per heavy atom. The van der Waals surface area contributed by atoms with Crippen molar-refractivity contribution in [3.05, 3.63) is 28.8 Å². The maximum Gasteiger partial charge on any atom is 0.186 e. The van der Waals surface area contributed by atoms with E-state index in [-0.39, 0.29) is 0 Å². The summed E-state index contributed by atoms with van der Waals surface area (Å²) in [6, 6.07) is 4.79. The van der Waals surface area contributed by atoms with Gasteiger partial charge in [0.05, 0.1) is 4.90 Å². The number of hydrogen-bond donors (Lipinski definition) is 1. The number of hydrogen-bond acceptors (Lipinski definition) is 1. The first-order valence-corrected chi connectivity index (χ1v) is 4.47. The van der Waals surface area contributed by atoms with Crippen LogP contribution in [0, 0.1) is 6.92 Å². The second-order valence-electron chi connectivity index (χ2n) is 2.16. The van der Waals surface area contributed by atoms with E-state index in [1.54, 1.807) is 12.1 Å². The summed E-state index contributed by atoms with van der Waals surface area (Å²) >= 11 is 3.78. The molecule has 2 nitrogen and oxygen atoms in total. The van der Waals surface area contributed by atoms with Crippen LogP contribution in [0.5, 0.6) is 0 Å². The Balaban J connectivity index is 3.15. The monoisotopic (exact) mass is 190 g/mol. The minimum Gasteiger partial charge on any atom is -0.302 e. The average Bonchev–Trinajstić information content (AvgIpc) is 1.94. The van der Waals surface area contributed by atoms with E-state index in [0.717, 1.165) is 5.56 Å². The van der Waals surface area contributed by atoms with E-state index in [1.807, 2.05) is 6.92 Å². The summed E-state index contributed by atoms with van der Waals surface area (Å²) in [6.45, 7) is 1.84. The number of rotatable bonds is 1. The van der Waals surface area contributed by atoms with Crippen molar-refractivity contribution in [3.8, 4) is 0 Å². The summed E-state index contributed by atoms with van der Waals surface area (Å²) < 4.78 is 19.2. The summed E-state index contributed by atoms with van der Waals surface area (Å²) in [5.74, 6) is 0. The number of aryl methyl sites for hydroxylation is 1. The molecule has 0 fully saturated rings. The van der Waals surface area contributed by atoms with E-state index in [0.29, 0.717) is 9.92 Å². The van der Waals surface area contributed by atoms with Crippen molar-refractivity contribution in [1.29, 1.82) is 0 Å². The summed E-state index contributed by atoms with van der Waals surface area (Å²) in [5.41, 5.74) is 0.904. The third kappa shape index (κ3) is 2.02. The smallest absolute Gasteiger partial charge is 0.186 e. The van der Waals surface area contributed by atoms with Gasteiger partial charge in [-0.2, -0.15) is 0 Å². The molecule has 0 bridgehead atoms. The highest BCUT2D eigenvalue weighted by atomic mass is 35.5. The van der Waals surface area contributed by atoms with Crippen molar-refractivity contribution in [1.82, 2.24) is 0 Å². The van der Waals surface area contributed by atoms with Gasteiger partial charge in [0.1, 0.15) is 0 Å². The van der Waals surface area contributed by atoms with Gasteiger partial charge in [-0.3, -0.25) is 0 Å². The van der Waals surface area contributed by atoms with Crippen LogP contribution in [0.25, 0.3) is 0 Å². The summed E-state index contributed by atoms with van der Waals surface area (Å²) in [4.78, 5) is 0.334. The van der Waals surface area contributed by atoms with E-state index < -0.39 is 11.1 Å². The van der Waals surface area contributed by atoms with Gasteiger partial charge in [-0.25, -0.2) is 4.21 Å². The maximum atomic E-state index is 10.5. The number of benzene rings is 1. The molecule has 60 valence electrons. The van der Waals surface area contributed by atoms with Gasteiger partial charge in [-0.05, 0) is 24.6 Å². The van der Waals surface area contributed by atoms with Crippen molar-refractivity contribution in [2.24, 2.45) is 0 Å².